The first-order valence-corrected chi connectivity index (χ1v) is 7.47. The van der Waals surface area contributed by atoms with Crippen molar-refractivity contribution in [3.05, 3.63) is 0 Å². The van der Waals surface area contributed by atoms with Crippen LogP contribution in [0.5, 0.6) is 0 Å². The zero-order valence-electron chi connectivity index (χ0n) is 12.3. The maximum atomic E-state index is 6.27. The first kappa shape index (κ1) is 15.0. The van der Waals surface area contributed by atoms with Crippen LogP contribution in [0.1, 0.15) is 52.9 Å². The maximum Gasteiger partial charge on any atom is 0.00795 e. The van der Waals surface area contributed by atoms with Crippen molar-refractivity contribution in [2.45, 2.75) is 58.9 Å². The molecule has 1 saturated carbocycles. The van der Waals surface area contributed by atoms with Crippen LogP contribution < -0.4 is 5.73 Å². The normalized spacial score (nSPS) is 30.2. The van der Waals surface area contributed by atoms with Crippen LogP contribution in [-0.2, 0) is 0 Å². The lowest BCUT2D eigenvalue weighted by atomic mass is 9.77. The molecule has 0 spiro atoms. The largest absolute Gasteiger partial charge is 0.327 e. The molecule has 0 saturated heterocycles. The summed E-state index contributed by atoms with van der Waals surface area (Å²) in [6.07, 6.45) is 6.57. The van der Waals surface area contributed by atoms with Crippen molar-refractivity contribution in [2.75, 3.05) is 20.1 Å². The predicted molar refractivity (Wildman–Crippen MR) is 76.0 cm³/mol. The average Bonchev–Trinajstić information content (AvgIpc) is 2.29. The third-order valence-corrected chi connectivity index (χ3v) is 4.36. The number of nitrogens with two attached hydrogens (primary N) is 1. The first-order chi connectivity index (χ1) is 8.02. The molecule has 1 aliphatic rings. The fourth-order valence-electron chi connectivity index (χ4n) is 2.94. The summed E-state index contributed by atoms with van der Waals surface area (Å²) in [5, 5.41) is 0. The number of rotatable bonds is 6. The molecule has 0 radical (unpaired) electrons. The van der Waals surface area contributed by atoms with Crippen LogP contribution in [0.2, 0.25) is 0 Å². The van der Waals surface area contributed by atoms with E-state index in [1.165, 1.54) is 45.2 Å². The second-order valence-corrected chi connectivity index (χ2v) is 6.46. The minimum Gasteiger partial charge on any atom is -0.327 e. The summed E-state index contributed by atoms with van der Waals surface area (Å²) < 4.78 is 0. The molecule has 1 fully saturated rings. The van der Waals surface area contributed by atoms with E-state index in [0.29, 0.717) is 6.04 Å². The Morgan fingerprint density at radius 3 is 2.59 bits per heavy atom. The van der Waals surface area contributed by atoms with Gasteiger partial charge in [-0.1, -0.05) is 27.2 Å². The van der Waals surface area contributed by atoms with E-state index < -0.39 is 0 Å². The van der Waals surface area contributed by atoms with E-state index in [9.17, 15) is 0 Å². The summed E-state index contributed by atoms with van der Waals surface area (Å²) in [5.41, 5.74) is 6.27. The number of hydrogen-bond donors (Lipinski definition) is 1. The van der Waals surface area contributed by atoms with Crippen molar-refractivity contribution < 1.29 is 0 Å². The number of nitrogens with zero attached hydrogens (tertiary/aromatic N) is 1. The Morgan fingerprint density at radius 2 is 2.00 bits per heavy atom. The van der Waals surface area contributed by atoms with Crippen molar-refractivity contribution in [1.29, 1.82) is 0 Å². The lowest BCUT2D eigenvalue weighted by molar-refractivity contribution is 0.168. The summed E-state index contributed by atoms with van der Waals surface area (Å²) in [4.78, 5) is 2.49. The molecule has 0 aromatic heterocycles. The zero-order valence-corrected chi connectivity index (χ0v) is 12.3. The summed E-state index contributed by atoms with van der Waals surface area (Å²) in [6.45, 7) is 9.34. The molecule has 0 amide bonds. The van der Waals surface area contributed by atoms with Gasteiger partial charge in [0, 0.05) is 12.6 Å². The lowest BCUT2D eigenvalue weighted by Gasteiger charge is -2.36. The lowest BCUT2D eigenvalue weighted by Crippen LogP contribution is -2.42. The molecule has 0 aromatic rings. The van der Waals surface area contributed by atoms with Crippen LogP contribution in [0.4, 0.5) is 0 Å². The topological polar surface area (TPSA) is 29.3 Å². The molecule has 2 nitrogen and oxygen atoms in total. The Morgan fingerprint density at radius 1 is 1.29 bits per heavy atom. The minimum absolute atomic E-state index is 0.444. The minimum atomic E-state index is 0.444. The van der Waals surface area contributed by atoms with Gasteiger partial charge in [-0.25, -0.2) is 0 Å². The molecule has 0 aromatic carbocycles. The molecule has 2 heteroatoms. The van der Waals surface area contributed by atoms with Gasteiger partial charge in [-0.3, -0.25) is 0 Å². The van der Waals surface area contributed by atoms with Crippen LogP contribution in [0.25, 0.3) is 0 Å². The van der Waals surface area contributed by atoms with Gasteiger partial charge in [0.1, 0.15) is 0 Å². The quantitative estimate of drug-likeness (QED) is 0.773. The molecule has 102 valence electrons. The van der Waals surface area contributed by atoms with Gasteiger partial charge in [-0.15, -0.1) is 0 Å². The Balaban J connectivity index is 2.32. The zero-order chi connectivity index (χ0) is 12.8. The van der Waals surface area contributed by atoms with Gasteiger partial charge in [-0.05, 0) is 57.0 Å². The van der Waals surface area contributed by atoms with E-state index in [0.717, 1.165) is 17.8 Å². The predicted octanol–water partition coefficient (Wildman–Crippen LogP) is 3.12. The highest BCUT2D eigenvalue weighted by Crippen LogP contribution is 2.30. The molecule has 0 heterocycles. The van der Waals surface area contributed by atoms with E-state index in [1.54, 1.807) is 0 Å². The highest BCUT2D eigenvalue weighted by molar-refractivity contribution is 4.83. The van der Waals surface area contributed by atoms with E-state index in [-0.39, 0.29) is 0 Å². The molecular weight excluding hydrogens is 208 g/mol. The van der Waals surface area contributed by atoms with Gasteiger partial charge >= 0.3 is 0 Å². The van der Waals surface area contributed by atoms with Crippen molar-refractivity contribution in [3.63, 3.8) is 0 Å². The van der Waals surface area contributed by atoms with E-state index >= 15 is 0 Å². The molecule has 0 bridgehead atoms. The standard InChI is InChI=1S/C15H32N2/c1-5-13-6-7-15(16)14(10-13)11-17(4)9-8-12(2)3/h12-15H,5-11,16H2,1-4H3. The van der Waals surface area contributed by atoms with Crippen molar-refractivity contribution >= 4 is 0 Å². The van der Waals surface area contributed by atoms with Crippen LogP contribution >= 0.6 is 0 Å². The molecule has 1 rings (SSSR count). The highest BCUT2D eigenvalue weighted by Gasteiger charge is 2.27. The van der Waals surface area contributed by atoms with Gasteiger partial charge in [-0.2, -0.15) is 0 Å². The van der Waals surface area contributed by atoms with Gasteiger partial charge in [0.2, 0.25) is 0 Å². The van der Waals surface area contributed by atoms with Crippen LogP contribution in [-0.4, -0.2) is 31.1 Å². The molecule has 3 atom stereocenters. The van der Waals surface area contributed by atoms with E-state index in [4.69, 9.17) is 5.73 Å². The van der Waals surface area contributed by atoms with E-state index in [2.05, 4.69) is 32.7 Å². The highest BCUT2D eigenvalue weighted by atomic mass is 15.1. The monoisotopic (exact) mass is 240 g/mol. The van der Waals surface area contributed by atoms with Gasteiger partial charge < -0.3 is 10.6 Å². The molecule has 17 heavy (non-hydrogen) atoms. The van der Waals surface area contributed by atoms with Gasteiger partial charge in [0.25, 0.3) is 0 Å². The molecule has 1 aliphatic carbocycles. The summed E-state index contributed by atoms with van der Waals surface area (Å²) in [5.74, 6) is 2.46. The summed E-state index contributed by atoms with van der Waals surface area (Å²) in [6, 6.07) is 0.444. The molecule has 0 aliphatic heterocycles. The molecule has 2 N–H and O–H groups in total. The number of hydrogen-bond acceptors (Lipinski definition) is 2. The Hall–Kier alpha value is -0.0800. The van der Waals surface area contributed by atoms with Crippen molar-refractivity contribution in [1.82, 2.24) is 4.90 Å². The third-order valence-electron chi connectivity index (χ3n) is 4.36. The fourth-order valence-corrected chi connectivity index (χ4v) is 2.94. The van der Waals surface area contributed by atoms with Gasteiger partial charge in [0.05, 0.1) is 0 Å². The Kier molecular flexibility index (Phi) is 6.50. The summed E-state index contributed by atoms with van der Waals surface area (Å²) >= 11 is 0. The Bertz CT molecular complexity index is 203. The Labute approximate surface area is 108 Å². The van der Waals surface area contributed by atoms with Crippen LogP contribution in [0, 0.1) is 17.8 Å². The third kappa shape index (κ3) is 5.39. The molecule has 3 unspecified atom stereocenters. The smallest absolute Gasteiger partial charge is 0.00795 e. The SMILES string of the molecule is CCC1CCC(N)C(CN(C)CCC(C)C)C1. The van der Waals surface area contributed by atoms with Crippen LogP contribution in [0.3, 0.4) is 0 Å². The average molecular weight is 240 g/mol. The molecular formula is C15H32N2. The van der Waals surface area contributed by atoms with Gasteiger partial charge in [0.15, 0.2) is 0 Å². The first-order valence-electron chi connectivity index (χ1n) is 7.47. The van der Waals surface area contributed by atoms with Crippen LogP contribution in [0.15, 0.2) is 0 Å². The summed E-state index contributed by atoms with van der Waals surface area (Å²) in [7, 11) is 2.25. The van der Waals surface area contributed by atoms with E-state index in [1.807, 2.05) is 0 Å². The maximum absolute atomic E-state index is 6.27. The second-order valence-electron chi connectivity index (χ2n) is 6.46. The van der Waals surface area contributed by atoms with Crippen molar-refractivity contribution in [3.8, 4) is 0 Å². The van der Waals surface area contributed by atoms with Crippen molar-refractivity contribution in [2.24, 2.45) is 23.5 Å². The second kappa shape index (κ2) is 7.38. The fraction of sp³-hybridized carbons (Fsp3) is 1.00.